The maximum atomic E-state index is 13.8. The van der Waals surface area contributed by atoms with E-state index < -0.39 is 0 Å². The van der Waals surface area contributed by atoms with Gasteiger partial charge in [-0.15, -0.1) is 0 Å². The van der Waals surface area contributed by atoms with Gasteiger partial charge in [-0.3, -0.25) is 9.59 Å². The largest absolute Gasteiger partial charge is 0.343 e. The highest BCUT2D eigenvalue weighted by atomic mass is 35.5. The van der Waals surface area contributed by atoms with Crippen LogP contribution in [0.1, 0.15) is 76.0 Å². The zero-order valence-electron chi connectivity index (χ0n) is 21.4. The molecule has 0 spiro atoms. The lowest BCUT2D eigenvalue weighted by Crippen LogP contribution is -2.44. The topological polar surface area (TPSA) is 37.4 Å². The van der Waals surface area contributed by atoms with Crippen molar-refractivity contribution in [1.29, 1.82) is 0 Å². The predicted octanol–water partition coefficient (Wildman–Crippen LogP) is 7.53. The third-order valence-corrected chi connectivity index (χ3v) is 7.94. The van der Waals surface area contributed by atoms with Crippen LogP contribution >= 0.6 is 11.6 Å². The van der Waals surface area contributed by atoms with Crippen LogP contribution < -0.4 is 0 Å². The molecule has 0 aromatic heterocycles. The van der Waals surface area contributed by atoms with Crippen molar-refractivity contribution < 1.29 is 9.59 Å². The number of carbonyl (C=O) groups excluding carboxylic acids is 2. The van der Waals surface area contributed by atoms with Crippen LogP contribution in [0, 0.1) is 17.8 Å². The Morgan fingerprint density at radius 3 is 1.74 bits per heavy atom. The Hall–Kier alpha value is -2.65. The van der Waals surface area contributed by atoms with E-state index in [9.17, 15) is 9.59 Å². The lowest BCUT2D eigenvalue weighted by molar-refractivity contribution is -0.119. The van der Waals surface area contributed by atoms with Gasteiger partial charge in [-0.05, 0) is 53.9 Å². The van der Waals surface area contributed by atoms with Gasteiger partial charge in [-0.2, -0.15) is 0 Å². The zero-order chi connectivity index (χ0) is 25.1. The SMILES string of the molecule is Cc1ccc(CN2C3=C(C(=O)CC(C)(C)C3)C(c3ccc(Cl)cc3)C3=C2CC(C)(C)CC3=O)cc1. The van der Waals surface area contributed by atoms with E-state index in [1.807, 2.05) is 24.3 Å². The van der Waals surface area contributed by atoms with Crippen molar-refractivity contribution in [2.24, 2.45) is 10.8 Å². The summed E-state index contributed by atoms with van der Waals surface area (Å²) in [6, 6.07) is 16.3. The van der Waals surface area contributed by atoms with Crippen molar-refractivity contribution in [3.63, 3.8) is 0 Å². The van der Waals surface area contributed by atoms with Gasteiger partial charge in [-0.25, -0.2) is 0 Å². The van der Waals surface area contributed by atoms with E-state index in [0.717, 1.165) is 40.9 Å². The minimum Gasteiger partial charge on any atom is -0.343 e. The summed E-state index contributed by atoms with van der Waals surface area (Å²) in [4.78, 5) is 29.9. The molecule has 0 atom stereocenters. The van der Waals surface area contributed by atoms with Crippen molar-refractivity contribution in [1.82, 2.24) is 4.90 Å². The highest BCUT2D eigenvalue weighted by Crippen LogP contribution is 2.54. The van der Waals surface area contributed by atoms with E-state index in [0.29, 0.717) is 24.4 Å². The van der Waals surface area contributed by atoms with Crippen molar-refractivity contribution in [2.75, 3.05) is 0 Å². The summed E-state index contributed by atoms with van der Waals surface area (Å²) in [5.41, 5.74) is 6.94. The molecule has 2 aliphatic carbocycles. The number of halogens is 1. The molecule has 2 aromatic rings. The van der Waals surface area contributed by atoms with Gasteiger partial charge in [0, 0.05) is 52.9 Å². The van der Waals surface area contributed by atoms with Gasteiger partial charge in [0.15, 0.2) is 11.6 Å². The van der Waals surface area contributed by atoms with Gasteiger partial charge < -0.3 is 4.90 Å². The van der Waals surface area contributed by atoms with Crippen molar-refractivity contribution >= 4 is 23.2 Å². The van der Waals surface area contributed by atoms with Crippen LogP contribution in [0.4, 0.5) is 0 Å². The zero-order valence-corrected chi connectivity index (χ0v) is 22.1. The summed E-state index contributed by atoms with van der Waals surface area (Å²) in [5, 5.41) is 0.654. The number of hydrogen-bond donors (Lipinski definition) is 0. The standard InChI is InChI=1S/C31H34ClNO2/c1-19-6-8-20(9-7-19)18-33-23-14-30(2,3)16-25(34)28(23)27(21-10-12-22(32)13-11-21)29-24(33)15-31(4,5)17-26(29)35/h6-13,27H,14-18H2,1-5H3. The van der Waals surface area contributed by atoms with E-state index in [4.69, 9.17) is 11.6 Å². The molecule has 182 valence electrons. The van der Waals surface area contributed by atoms with Crippen LogP contribution in [-0.2, 0) is 16.1 Å². The molecule has 4 heteroatoms. The van der Waals surface area contributed by atoms with Crippen molar-refractivity contribution in [3.05, 3.63) is 92.8 Å². The van der Waals surface area contributed by atoms with E-state index in [-0.39, 0.29) is 28.3 Å². The fourth-order valence-electron chi connectivity index (χ4n) is 6.10. The third-order valence-electron chi connectivity index (χ3n) is 7.69. The summed E-state index contributed by atoms with van der Waals surface area (Å²) in [6.07, 6.45) is 2.62. The Balaban J connectivity index is 1.75. The number of hydrogen-bond acceptors (Lipinski definition) is 3. The predicted molar refractivity (Wildman–Crippen MR) is 141 cm³/mol. The Kier molecular flexibility index (Phi) is 5.83. The van der Waals surface area contributed by atoms with Gasteiger partial charge in [0.1, 0.15) is 0 Å². The van der Waals surface area contributed by atoms with Crippen LogP contribution in [-0.4, -0.2) is 16.5 Å². The molecular weight excluding hydrogens is 454 g/mol. The van der Waals surface area contributed by atoms with Crippen LogP contribution in [0.15, 0.2) is 71.1 Å². The van der Waals surface area contributed by atoms with Crippen molar-refractivity contribution in [2.45, 2.75) is 72.8 Å². The first-order chi connectivity index (χ1) is 16.4. The monoisotopic (exact) mass is 487 g/mol. The Morgan fingerprint density at radius 2 is 1.26 bits per heavy atom. The molecule has 0 radical (unpaired) electrons. The molecule has 3 nitrogen and oxygen atoms in total. The summed E-state index contributed by atoms with van der Waals surface area (Å²) < 4.78 is 0. The van der Waals surface area contributed by atoms with Crippen LogP contribution in [0.5, 0.6) is 0 Å². The lowest BCUT2D eigenvalue weighted by Gasteiger charge is -2.49. The van der Waals surface area contributed by atoms with E-state index in [1.54, 1.807) is 0 Å². The summed E-state index contributed by atoms with van der Waals surface area (Å²) in [7, 11) is 0. The number of rotatable bonds is 3. The molecule has 0 saturated carbocycles. The number of Topliss-reactive ketones (excluding diaryl/α,β-unsaturated/α-hetero) is 2. The van der Waals surface area contributed by atoms with Gasteiger partial charge >= 0.3 is 0 Å². The second kappa shape index (κ2) is 8.48. The van der Waals surface area contributed by atoms with Crippen molar-refractivity contribution in [3.8, 4) is 0 Å². The second-order valence-electron chi connectivity index (χ2n) is 12.2. The molecule has 0 bridgehead atoms. The minimum atomic E-state index is -0.321. The number of allylic oxidation sites excluding steroid dienone is 4. The highest BCUT2D eigenvalue weighted by molar-refractivity contribution is 6.30. The summed E-state index contributed by atoms with van der Waals surface area (Å²) in [6.45, 7) is 11.5. The highest BCUT2D eigenvalue weighted by Gasteiger charge is 2.48. The molecule has 3 aliphatic rings. The minimum absolute atomic E-state index is 0.127. The maximum absolute atomic E-state index is 13.8. The first kappa shape index (κ1) is 24.1. The molecule has 0 saturated heterocycles. The average molecular weight is 488 g/mol. The average Bonchev–Trinajstić information content (AvgIpc) is 2.75. The Morgan fingerprint density at radius 1 is 0.771 bits per heavy atom. The van der Waals surface area contributed by atoms with Crippen LogP contribution in [0.3, 0.4) is 0 Å². The second-order valence-corrected chi connectivity index (χ2v) is 12.6. The smallest absolute Gasteiger partial charge is 0.162 e. The van der Waals surface area contributed by atoms with E-state index >= 15 is 0 Å². The maximum Gasteiger partial charge on any atom is 0.162 e. The van der Waals surface area contributed by atoms with Gasteiger partial charge in [0.05, 0.1) is 0 Å². The number of carbonyl (C=O) groups is 2. The molecular formula is C31H34ClNO2. The van der Waals surface area contributed by atoms with Gasteiger partial charge in [0.2, 0.25) is 0 Å². The molecule has 2 aromatic carbocycles. The molecule has 0 fully saturated rings. The Labute approximate surface area is 213 Å². The first-order valence-corrected chi connectivity index (χ1v) is 12.9. The lowest BCUT2D eigenvalue weighted by atomic mass is 9.63. The summed E-state index contributed by atoms with van der Waals surface area (Å²) in [5.74, 6) is 0.00214. The van der Waals surface area contributed by atoms with E-state index in [1.165, 1.54) is 11.1 Å². The molecule has 35 heavy (non-hydrogen) atoms. The van der Waals surface area contributed by atoms with Crippen LogP contribution in [0.2, 0.25) is 5.02 Å². The fourth-order valence-corrected chi connectivity index (χ4v) is 6.23. The molecule has 0 amide bonds. The molecule has 1 aliphatic heterocycles. The molecule has 0 N–H and O–H groups in total. The van der Waals surface area contributed by atoms with E-state index in [2.05, 4.69) is 63.8 Å². The Bertz CT molecular complexity index is 1210. The molecule has 1 heterocycles. The quantitative estimate of drug-likeness (QED) is 0.448. The molecule has 5 rings (SSSR count). The first-order valence-electron chi connectivity index (χ1n) is 12.6. The number of nitrogens with zero attached hydrogens (tertiary/aromatic N) is 1. The summed E-state index contributed by atoms with van der Waals surface area (Å²) >= 11 is 6.22. The third kappa shape index (κ3) is 4.51. The normalized spacial score (nSPS) is 21.8. The number of benzene rings is 2. The van der Waals surface area contributed by atoms with Gasteiger partial charge in [0.25, 0.3) is 0 Å². The molecule has 0 unspecified atom stereocenters. The number of ketones is 2. The number of aryl methyl sites for hydroxylation is 1. The van der Waals surface area contributed by atoms with Crippen LogP contribution in [0.25, 0.3) is 0 Å². The fraction of sp³-hybridized carbons (Fsp3) is 0.419. The van der Waals surface area contributed by atoms with Gasteiger partial charge in [-0.1, -0.05) is 81.3 Å².